The van der Waals surface area contributed by atoms with Gasteiger partial charge in [-0.1, -0.05) is 0 Å². The summed E-state index contributed by atoms with van der Waals surface area (Å²) in [7, 11) is 0. The molecular formula is C24H24N6O3. The summed E-state index contributed by atoms with van der Waals surface area (Å²) in [6.07, 6.45) is 3.29. The summed E-state index contributed by atoms with van der Waals surface area (Å²) >= 11 is 0. The van der Waals surface area contributed by atoms with E-state index in [0.717, 1.165) is 0 Å². The van der Waals surface area contributed by atoms with Gasteiger partial charge in [0, 0.05) is 32.1 Å². The van der Waals surface area contributed by atoms with Gasteiger partial charge in [0.2, 0.25) is 17.7 Å². The molecule has 1 aliphatic carbocycles. The van der Waals surface area contributed by atoms with E-state index >= 15 is 0 Å². The van der Waals surface area contributed by atoms with Crippen molar-refractivity contribution in [2.24, 2.45) is 15.7 Å². The van der Waals surface area contributed by atoms with E-state index in [4.69, 9.17) is 5.73 Å². The third-order valence-electron chi connectivity index (χ3n) is 4.33. The first kappa shape index (κ1) is 23.1. The molecule has 0 heterocycles. The van der Waals surface area contributed by atoms with Gasteiger partial charge in [-0.3, -0.25) is 14.4 Å². The van der Waals surface area contributed by atoms with Gasteiger partial charge in [-0.05, 0) is 60.7 Å². The fraction of sp³-hybridized carbons (Fsp3) is 0.125. The summed E-state index contributed by atoms with van der Waals surface area (Å²) in [6.45, 7) is 4.28. The number of nitrogens with one attached hydrogen (secondary N) is 3. The predicted molar refractivity (Wildman–Crippen MR) is 130 cm³/mol. The zero-order valence-corrected chi connectivity index (χ0v) is 18.5. The number of aliphatic imine (C=N–C) groups is 2. The molecule has 3 rings (SSSR count). The van der Waals surface area contributed by atoms with Crippen LogP contribution in [0, 0.1) is 0 Å². The summed E-state index contributed by atoms with van der Waals surface area (Å²) in [5, 5.41) is 8.15. The van der Waals surface area contributed by atoms with Crippen LogP contribution in [0.1, 0.15) is 20.8 Å². The maximum absolute atomic E-state index is 11.8. The van der Waals surface area contributed by atoms with Crippen molar-refractivity contribution in [1.82, 2.24) is 5.32 Å². The van der Waals surface area contributed by atoms with Crippen molar-refractivity contribution in [1.29, 1.82) is 0 Å². The van der Waals surface area contributed by atoms with Gasteiger partial charge < -0.3 is 21.7 Å². The number of allylic oxidation sites excluding steroid dienone is 2. The molecule has 9 heteroatoms. The maximum Gasteiger partial charge on any atom is 0.221 e. The molecule has 0 aromatic heterocycles. The van der Waals surface area contributed by atoms with Crippen molar-refractivity contribution >= 4 is 51.9 Å². The Labute approximate surface area is 191 Å². The van der Waals surface area contributed by atoms with E-state index < -0.39 is 0 Å². The number of amides is 3. The molecule has 0 fully saturated rings. The van der Waals surface area contributed by atoms with Gasteiger partial charge in [-0.25, -0.2) is 9.98 Å². The second-order valence-electron chi connectivity index (χ2n) is 7.29. The largest absolute Gasteiger partial charge is 0.397 e. The molecule has 0 aliphatic heterocycles. The fourth-order valence-corrected chi connectivity index (χ4v) is 3.00. The Kier molecular flexibility index (Phi) is 7.14. The summed E-state index contributed by atoms with van der Waals surface area (Å²) in [5.74, 6) is -0.583. The molecule has 2 aromatic rings. The quantitative estimate of drug-likeness (QED) is 0.526. The van der Waals surface area contributed by atoms with Crippen molar-refractivity contribution in [2.45, 2.75) is 20.8 Å². The number of rotatable bonds is 5. The van der Waals surface area contributed by atoms with E-state index in [-0.39, 0.29) is 17.7 Å². The molecular weight excluding hydrogens is 420 g/mol. The lowest BCUT2D eigenvalue weighted by atomic mass is 10.0. The smallest absolute Gasteiger partial charge is 0.221 e. The first-order valence-corrected chi connectivity index (χ1v) is 10.1. The predicted octanol–water partition coefficient (Wildman–Crippen LogP) is 3.32. The maximum atomic E-state index is 11.8. The lowest BCUT2D eigenvalue weighted by Gasteiger charge is -2.16. The van der Waals surface area contributed by atoms with Crippen molar-refractivity contribution < 1.29 is 14.4 Å². The van der Waals surface area contributed by atoms with Crippen LogP contribution in [0.5, 0.6) is 0 Å². The Bertz CT molecular complexity index is 1210. The zero-order valence-electron chi connectivity index (χ0n) is 18.5. The molecule has 0 spiro atoms. The van der Waals surface area contributed by atoms with Gasteiger partial charge in [0.05, 0.1) is 34.2 Å². The SMILES string of the molecule is CC(=O)NC1=CC(=Nc2ccc(NC(C)=O)cc2)C(N)=CC1=Nc1ccc(NC(C)=O)cc1. The van der Waals surface area contributed by atoms with Gasteiger partial charge in [0.15, 0.2) is 0 Å². The number of carbonyl (C=O) groups is 3. The van der Waals surface area contributed by atoms with Gasteiger partial charge in [-0.2, -0.15) is 0 Å². The van der Waals surface area contributed by atoms with Crippen LogP contribution in [0.4, 0.5) is 22.7 Å². The average Bonchev–Trinajstić information content (AvgIpc) is 2.73. The normalized spacial score (nSPS) is 15.5. The Hall–Kier alpha value is -4.53. The van der Waals surface area contributed by atoms with Crippen LogP contribution in [-0.4, -0.2) is 29.1 Å². The molecule has 2 aromatic carbocycles. The van der Waals surface area contributed by atoms with Crippen molar-refractivity contribution in [3.05, 3.63) is 72.1 Å². The number of nitrogens with two attached hydrogens (primary N) is 1. The van der Waals surface area contributed by atoms with E-state index in [1.165, 1.54) is 20.8 Å². The highest BCUT2D eigenvalue weighted by Crippen LogP contribution is 2.22. The first-order chi connectivity index (χ1) is 15.7. The fourth-order valence-electron chi connectivity index (χ4n) is 3.00. The summed E-state index contributed by atoms with van der Waals surface area (Å²) < 4.78 is 0. The molecule has 1 aliphatic rings. The van der Waals surface area contributed by atoms with E-state index in [1.54, 1.807) is 60.7 Å². The topological polar surface area (TPSA) is 138 Å². The monoisotopic (exact) mass is 444 g/mol. The van der Waals surface area contributed by atoms with Crippen LogP contribution < -0.4 is 21.7 Å². The number of hydrogen-bond donors (Lipinski definition) is 4. The van der Waals surface area contributed by atoms with Crippen LogP contribution in [0.2, 0.25) is 0 Å². The molecule has 0 radical (unpaired) electrons. The first-order valence-electron chi connectivity index (χ1n) is 10.1. The summed E-state index contributed by atoms with van der Waals surface area (Å²) in [4.78, 5) is 43.2. The lowest BCUT2D eigenvalue weighted by molar-refractivity contribution is -0.118. The molecule has 0 saturated heterocycles. The molecule has 3 amide bonds. The second kappa shape index (κ2) is 10.2. The number of carbonyl (C=O) groups excluding carboxylic acids is 3. The van der Waals surface area contributed by atoms with Gasteiger partial charge >= 0.3 is 0 Å². The summed E-state index contributed by atoms with van der Waals surface area (Å²) in [6, 6.07) is 13.9. The standard InChI is InChI=1S/C24H24N6O3/c1-14(31)26-17-4-8-19(9-5-17)29-22-13-24(28-16(3)33)23(12-21(22)25)30-20-10-6-18(7-11-20)27-15(2)32/h4-13H,25H2,1-3H3,(H,26,31)(H,27,32)(H,28,33). The second-order valence-corrected chi connectivity index (χ2v) is 7.29. The lowest BCUT2D eigenvalue weighted by Crippen LogP contribution is -2.29. The van der Waals surface area contributed by atoms with Gasteiger partial charge in [0.1, 0.15) is 0 Å². The van der Waals surface area contributed by atoms with Gasteiger partial charge in [-0.15, -0.1) is 0 Å². The minimum absolute atomic E-state index is 0.159. The minimum Gasteiger partial charge on any atom is -0.397 e. The zero-order chi connectivity index (χ0) is 24.0. The van der Waals surface area contributed by atoms with Crippen molar-refractivity contribution in [3.63, 3.8) is 0 Å². The molecule has 9 nitrogen and oxygen atoms in total. The number of benzene rings is 2. The molecule has 0 saturated carbocycles. The van der Waals surface area contributed by atoms with Crippen LogP contribution in [0.25, 0.3) is 0 Å². The Morgan fingerprint density at radius 1 is 0.636 bits per heavy atom. The molecule has 0 unspecified atom stereocenters. The highest BCUT2D eigenvalue weighted by atomic mass is 16.2. The Morgan fingerprint density at radius 3 is 1.48 bits per heavy atom. The number of anilines is 2. The molecule has 0 atom stereocenters. The molecule has 0 bridgehead atoms. The Balaban J connectivity index is 1.90. The van der Waals surface area contributed by atoms with E-state index in [1.807, 2.05) is 0 Å². The van der Waals surface area contributed by atoms with Crippen LogP contribution in [0.3, 0.4) is 0 Å². The van der Waals surface area contributed by atoms with E-state index in [9.17, 15) is 14.4 Å². The number of nitrogens with zero attached hydrogens (tertiary/aromatic N) is 2. The van der Waals surface area contributed by atoms with Crippen LogP contribution >= 0.6 is 0 Å². The number of hydrogen-bond acceptors (Lipinski definition) is 6. The third-order valence-corrected chi connectivity index (χ3v) is 4.33. The average molecular weight is 444 g/mol. The van der Waals surface area contributed by atoms with E-state index in [2.05, 4.69) is 25.9 Å². The highest BCUT2D eigenvalue weighted by Gasteiger charge is 2.17. The van der Waals surface area contributed by atoms with E-state index in [0.29, 0.717) is 45.6 Å². The molecule has 168 valence electrons. The molecule has 5 N–H and O–H groups in total. The van der Waals surface area contributed by atoms with Crippen LogP contribution in [0.15, 0.2) is 82.1 Å². The van der Waals surface area contributed by atoms with Crippen molar-refractivity contribution in [2.75, 3.05) is 10.6 Å². The molecule has 33 heavy (non-hydrogen) atoms. The minimum atomic E-state index is -0.261. The van der Waals surface area contributed by atoms with Crippen molar-refractivity contribution in [3.8, 4) is 0 Å². The third kappa shape index (κ3) is 6.73. The highest BCUT2D eigenvalue weighted by molar-refractivity contribution is 6.24. The Morgan fingerprint density at radius 2 is 1.06 bits per heavy atom. The van der Waals surface area contributed by atoms with Gasteiger partial charge in [0.25, 0.3) is 0 Å². The van der Waals surface area contributed by atoms with Crippen LogP contribution in [-0.2, 0) is 14.4 Å². The summed E-state index contributed by atoms with van der Waals surface area (Å²) in [5.41, 5.74) is 10.6.